The number of thiophene rings is 1. The van der Waals surface area contributed by atoms with E-state index in [1.165, 1.54) is 0 Å². The zero-order valence-corrected chi connectivity index (χ0v) is 13.9. The Kier molecular flexibility index (Phi) is 4.13. The average molecular weight is 331 g/mol. The third-order valence-electron chi connectivity index (χ3n) is 4.74. The molecule has 0 saturated carbocycles. The van der Waals surface area contributed by atoms with Gasteiger partial charge in [-0.2, -0.15) is 0 Å². The van der Waals surface area contributed by atoms with Gasteiger partial charge in [0.25, 0.3) is 0 Å². The number of nitrogens with one attached hydrogen (secondary N) is 1. The van der Waals surface area contributed by atoms with Gasteiger partial charge in [0.1, 0.15) is 17.0 Å². The molecule has 2 saturated heterocycles. The molecular formula is C16H21N5OS. The zero-order valence-electron chi connectivity index (χ0n) is 13.1. The van der Waals surface area contributed by atoms with Gasteiger partial charge < -0.3 is 15.1 Å². The van der Waals surface area contributed by atoms with Crippen molar-refractivity contribution in [3.8, 4) is 0 Å². The minimum absolute atomic E-state index is 0.0884. The van der Waals surface area contributed by atoms with Crippen molar-refractivity contribution in [2.45, 2.75) is 12.8 Å². The monoisotopic (exact) mass is 331 g/mol. The van der Waals surface area contributed by atoms with Crippen LogP contribution in [0, 0.1) is 5.92 Å². The maximum absolute atomic E-state index is 12.8. The second-order valence-corrected chi connectivity index (χ2v) is 7.09. The number of hydrogen-bond acceptors (Lipinski definition) is 6. The summed E-state index contributed by atoms with van der Waals surface area (Å²) in [7, 11) is 0. The lowest BCUT2D eigenvalue weighted by Gasteiger charge is -2.37. The number of piperazine rings is 1. The third-order valence-corrected chi connectivity index (χ3v) is 5.56. The highest BCUT2D eigenvalue weighted by Gasteiger charge is 2.31. The Hall–Kier alpha value is -1.73. The van der Waals surface area contributed by atoms with Gasteiger partial charge in [0.05, 0.1) is 11.3 Å². The van der Waals surface area contributed by atoms with Crippen molar-refractivity contribution in [3.05, 3.63) is 17.8 Å². The number of nitrogens with zero attached hydrogens (tertiary/aromatic N) is 4. The Bertz CT molecular complexity index is 697. The normalized spacial score (nSPS) is 22.5. The highest BCUT2D eigenvalue weighted by atomic mass is 32.1. The van der Waals surface area contributed by atoms with Crippen LogP contribution in [0.15, 0.2) is 17.8 Å². The summed E-state index contributed by atoms with van der Waals surface area (Å²) in [5.41, 5.74) is 0. The number of rotatable bonds is 2. The Labute approximate surface area is 139 Å². The molecule has 122 valence electrons. The summed E-state index contributed by atoms with van der Waals surface area (Å²) in [6.07, 6.45) is 3.66. The Morgan fingerprint density at radius 3 is 3.00 bits per heavy atom. The molecule has 1 N–H and O–H groups in total. The first kappa shape index (κ1) is 14.8. The van der Waals surface area contributed by atoms with E-state index >= 15 is 0 Å². The van der Waals surface area contributed by atoms with Gasteiger partial charge in [-0.25, -0.2) is 9.97 Å². The lowest BCUT2D eigenvalue weighted by Crippen LogP contribution is -2.51. The molecule has 4 rings (SSSR count). The molecule has 0 aliphatic carbocycles. The molecule has 0 radical (unpaired) electrons. The standard InChI is InChI=1S/C16H21N5OS/c22-16(20-7-4-17-5-8-20)12-2-1-6-21(10-12)14-13-3-9-23-15(13)19-11-18-14/h3,9,11-12,17H,1-2,4-8,10H2. The number of piperidine rings is 1. The molecule has 0 spiro atoms. The zero-order chi connectivity index (χ0) is 15.6. The summed E-state index contributed by atoms with van der Waals surface area (Å²) in [6.45, 7) is 5.21. The molecule has 1 atom stereocenters. The smallest absolute Gasteiger partial charge is 0.227 e. The lowest BCUT2D eigenvalue weighted by molar-refractivity contribution is -0.136. The summed E-state index contributed by atoms with van der Waals surface area (Å²) in [5, 5.41) is 6.46. The lowest BCUT2D eigenvalue weighted by atomic mass is 9.96. The van der Waals surface area contributed by atoms with Crippen LogP contribution in [-0.2, 0) is 4.79 Å². The number of hydrogen-bond donors (Lipinski definition) is 1. The van der Waals surface area contributed by atoms with E-state index in [0.29, 0.717) is 5.91 Å². The largest absolute Gasteiger partial charge is 0.355 e. The summed E-state index contributed by atoms with van der Waals surface area (Å²) >= 11 is 1.64. The highest BCUT2D eigenvalue weighted by Crippen LogP contribution is 2.30. The van der Waals surface area contributed by atoms with E-state index in [2.05, 4.69) is 31.6 Å². The van der Waals surface area contributed by atoms with Crippen LogP contribution >= 0.6 is 11.3 Å². The molecule has 6 nitrogen and oxygen atoms in total. The van der Waals surface area contributed by atoms with Crippen LogP contribution in [0.25, 0.3) is 10.2 Å². The molecule has 0 bridgehead atoms. The number of aromatic nitrogens is 2. The average Bonchev–Trinajstić information content (AvgIpc) is 3.10. The fourth-order valence-corrected chi connectivity index (χ4v) is 4.27. The van der Waals surface area contributed by atoms with Crippen molar-refractivity contribution in [2.75, 3.05) is 44.2 Å². The van der Waals surface area contributed by atoms with Crippen LogP contribution in [0.1, 0.15) is 12.8 Å². The van der Waals surface area contributed by atoms with Crippen LogP contribution in [0.3, 0.4) is 0 Å². The molecule has 7 heteroatoms. The van der Waals surface area contributed by atoms with Crippen molar-refractivity contribution in [2.24, 2.45) is 5.92 Å². The van der Waals surface area contributed by atoms with Gasteiger partial charge in [0, 0.05) is 39.3 Å². The molecule has 2 aliphatic heterocycles. The predicted molar refractivity (Wildman–Crippen MR) is 91.8 cm³/mol. The molecule has 2 aromatic rings. The van der Waals surface area contributed by atoms with E-state index in [9.17, 15) is 4.79 Å². The number of fused-ring (bicyclic) bond motifs is 1. The Morgan fingerprint density at radius 1 is 1.26 bits per heavy atom. The van der Waals surface area contributed by atoms with Gasteiger partial charge in [-0.15, -0.1) is 11.3 Å². The van der Waals surface area contributed by atoms with Crippen molar-refractivity contribution in [1.29, 1.82) is 0 Å². The fraction of sp³-hybridized carbons (Fsp3) is 0.562. The minimum Gasteiger partial charge on any atom is -0.355 e. The maximum atomic E-state index is 12.8. The second-order valence-electron chi connectivity index (χ2n) is 6.20. The predicted octanol–water partition coefficient (Wildman–Crippen LogP) is 1.34. The quantitative estimate of drug-likeness (QED) is 0.900. The molecule has 4 heterocycles. The number of amides is 1. The van der Waals surface area contributed by atoms with Crippen molar-refractivity contribution >= 4 is 33.3 Å². The van der Waals surface area contributed by atoms with E-state index in [1.807, 2.05) is 4.90 Å². The Morgan fingerprint density at radius 2 is 2.13 bits per heavy atom. The SMILES string of the molecule is O=C(C1CCCN(c2ncnc3sccc23)C1)N1CCNCC1. The number of carbonyl (C=O) groups is 1. The summed E-state index contributed by atoms with van der Waals surface area (Å²) in [6, 6.07) is 2.08. The van der Waals surface area contributed by atoms with Crippen molar-refractivity contribution in [3.63, 3.8) is 0 Å². The molecule has 1 unspecified atom stereocenters. The van der Waals surface area contributed by atoms with Crippen molar-refractivity contribution < 1.29 is 4.79 Å². The van der Waals surface area contributed by atoms with E-state index in [-0.39, 0.29) is 5.92 Å². The first-order chi connectivity index (χ1) is 11.3. The number of anilines is 1. The molecule has 2 aliphatic rings. The van der Waals surface area contributed by atoms with Gasteiger partial charge in [0.2, 0.25) is 5.91 Å². The molecule has 23 heavy (non-hydrogen) atoms. The first-order valence-electron chi connectivity index (χ1n) is 8.25. The molecule has 2 aromatic heterocycles. The highest BCUT2D eigenvalue weighted by molar-refractivity contribution is 7.16. The minimum atomic E-state index is 0.0884. The van der Waals surface area contributed by atoms with Crippen LogP contribution in [0.4, 0.5) is 5.82 Å². The van der Waals surface area contributed by atoms with Crippen LogP contribution in [-0.4, -0.2) is 60.0 Å². The summed E-state index contributed by atoms with van der Waals surface area (Å²) < 4.78 is 0. The third kappa shape index (κ3) is 2.90. The maximum Gasteiger partial charge on any atom is 0.227 e. The van der Waals surface area contributed by atoms with Gasteiger partial charge in [-0.3, -0.25) is 4.79 Å². The van der Waals surface area contributed by atoms with E-state index in [0.717, 1.165) is 68.1 Å². The van der Waals surface area contributed by atoms with Gasteiger partial charge in [-0.1, -0.05) is 0 Å². The van der Waals surface area contributed by atoms with Crippen LogP contribution in [0.5, 0.6) is 0 Å². The molecule has 2 fully saturated rings. The Balaban J connectivity index is 1.52. The first-order valence-corrected chi connectivity index (χ1v) is 9.13. The van der Waals surface area contributed by atoms with Gasteiger partial charge in [-0.05, 0) is 24.3 Å². The summed E-state index contributed by atoms with van der Waals surface area (Å²) in [5.74, 6) is 1.38. The fourth-order valence-electron chi connectivity index (χ4n) is 3.54. The van der Waals surface area contributed by atoms with Gasteiger partial charge in [0.15, 0.2) is 0 Å². The van der Waals surface area contributed by atoms with Crippen LogP contribution in [0.2, 0.25) is 0 Å². The van der Waals surface area contributed by atoms with E-state index in [4.69, 9.17) is 0 Å². The summed E-state index contributed by atoms with van der Waals surface area (Å²) in [4.78, 5) is 26.9. The molecule has 0 aromatic carbocycles. The molecule has 1 amide bonds. The second kappa shape index (κ2) is 6.41. The van der Waals surface area contributed by atoms with E-state index in [1.54, 1.807) is 17.7 Å². The molecular weight excluding hydrogens is 310 g/mol. The van der Waals surface area contributed by atoms with Crippen molar-refractivity contribution in [1.82, 2.24) is 20.2 Å². The van der Waals surface area contributed by atoms with Crippen LogP contribution < -0.4 is 10.2 Å². The number of carbonyl (C=O) groups excluding carboxylic acids is 1. The topological polar surface area (TPSA) is 61.4 Å². The van der Waals surface area contributed by atoms with Gasteiger partial charge >= 0.3 is 0 Å². The van der Waals surface area contributed by atoms with E-state index < -0.39 is 0 Å².